The molecule has 0 aromatic heterocycles. The molecule has 0 aromatic rings. The van der Waals surface area contributed by atoms with Gasteiger partial charge in [0.05, 0.1) is 0 Å². The lowest BCUT2D eigenvalue weighted by Gasteiger charge is -2.27. The number of carbonyl (C=O) groups excluding carboxylic acids is 2. The van der Waals surface area contributed by atoms with Crippen molar-refractivity contribution in [3.05, 3.63) is 0 Å². The minimum absolute atomic E-state index is 0.139. The largest absolute Gasteiger partial charge is 0.462 e. The Morgan fingerprint density at radius 2 is 0.952 bits per heavy atom. The van der Waals surface area contributed by atoms with Crippen LogP contribution in [0.3, 0.4) is 0 Å². The highest BCUT2D eigenvalue weighted by molar-refractivity contribution is 5.70. The number of esters is 2. The van der Waals surface area contributed by atoms with Crippen LogP contribution in [0.1, 0.15) is 188 Å². The molecule has 2 unspecified atom stereocenters. The molecule has 0 fully saturated rings. The van der Waals surface area contributed by atoms with Crippen LogP contribution in [-0.4, -0.2) is 50.2 Å². The van der Waals surface area contributed by atoms with E-state index >= 15 is 0 Å². The molecule has 0 heterocycles. The van der Waals surface area contributed by atoms with E-state index in [0.29, 0.717) is 12.8 Å². The van der Waals surface area contributed by atoms with Gasteiger partial charge in [0.25, 0.3) is 0 Å². The second-order valence-electron chi connectivity index (χ2n) is 13.1. The first-order valence-electron chi connectivity index (χ1n) is 18.4. The third kappa shape index (κ3) is 27.7. The lowest BCUT2D eigenvalue weighted by atomic mass is 9.90. The molecule has 0 radical (unpaired) electrons. The third-order valence-corrected chi connectivity index (χ3v) is 8.54. The zero-order valence-electron chi connectivity index (χ0n) is 29.0. The summed E-state index contributed by atoms with van der Waals surface area (Å²) in [6.45, 7) is 7.88. The highest BCUT2D eigenvalue weighted by Crippen LogP contribution is 2.24. The van der Waals surface area contributed by atoms with Crippen LogP contribution in [0.25, 0.3) is 0 Å². The minimum Gasteiger partial charge on any atom is -0.462 e. The standard InChI is InChI=1S/C37H73NO4/c1-6-9-12-13-14-15-16-17-18-19-20-21-22-23-25-30-36(39)41-33-35(34(28-11-8-3)29-24-10-7-2)42-37(40)31-26-27-32-38(4)5/h34-35H,6-33H2,1-5H3. The molecular formula is C37H73NO4. The molecule has 0 amide bonds. The van der Waals surface area contributed by atoms with Crippen LogP contribution in [0, 0.1) is 5.92 Å². The summed E-state index contributed by atoms with van der Waals surface area (Å²) in [6, 6.07) is 0. The van der Waals surface area contributed by atoms with Crippen LogP contribution in [0.15, 0.2) is 0 Å². The summed E-state index contributed by atoms with van der Waals surface area (Å²) in [4.78, 5) is 27.4. The number of nitrogens with zero attached hydrogens (tertiary/aromatic N) is 1. The molecule has 0 aliphatic carbocycles. The van der Waals surface area contributed by atoms with E-state index < -0.39 is 0 Å². The number of carbonyl (C=O) groups is 2. The number of rotatable bonds is 32. The van der Waals surface area contributed by atoms with Crippen LogP contribution in [0.2, 0.25) is 0 Å². The maximum Gasteiger partial charge on any atom is 0.306 e. The Morgan fingerprint density at radius 3 is 1.48 bits per heavy atom. The predicted octanol–water partition coefficient (Wildman–Crippen LogP) is 10.8. The number of unbranched alkanes of at least 4 members (excludes halogenated alkanes) is 18. The molecule has 0 aliphatic rings. The van der Waals surface area contributed by atoms with Gasteiger partial charge in [-0.05, 0) is 58.7 Å². The Hall–Kier alpha value is -1.10. The highest BCUT2D eigenvalue weighted by atomic mass is 16.6. The van der Waals surface area contributed by atoms with Crippen molar-refractivity contribution >= 4 is 11.9 Å². The molecule has 5 heteroatoms. The summed E-state index contributed by atoms with van der Waals surface area (Å²) in [7, 11) is 4.10. The van der Waals surface area contributed by atoms with Crippen molar-refractivity contribution < 1.29 is 19.1 Å². The second-order valence-corrected chi connectivity index (χ2v) is 13.1. The molecule has 0 aliphatic heterocycles. The van der Waals surface area contributed by atoms with Gasteiger partial charge in [0.1, 0.15) is 12.7 Å². The fourth-order valence-corrected chi connectivity index (χ4v) is 5.72. The van der Waals surface area contributed by atoms with E-state index in [1.165, 1.54) is 96.3 Å². The molecule has 5 nitrogen and oxygen atoms in total. The molecular weight excluding hydrogens is 522 g/mol. The van der Waals surface area contributed by atoms with E-state index in [-0.39, 0.29) is 30.6 Å². The van der Waals surface area contributed by atoms with Gasteiger partial charge < -0.3 is 14.4 Å². The molecule has 0 saturated carbocycles. The monoisotopic (exact) mass is 596 g/mol. The van der Waals surface area contributed by atoms with Crippen molar-refractivity contribution in [1.29, 1.82) is 0 Å². The molecule has 0 rings (SSSR count). The number of ether oxygens (including phenoxy) is 2. The lowest BCUT2D eigenvalue weighted by molar-refractivity contribution is -0.163. The van der Waals surface area contributed by atoms with Crippen LogP contribution in [0.4, 0.5) is 0 Å². The van der Waals surface area contributed by atoms with Crippen LogP contribution >= 0.6 is 0 Å². The molecule has 42 heavy (non-hydrogen) atoms. The third-order valence-electron chi connectivity index (χ3n) is 8.54. The summed E-state index contributed by atoms with van der Waals surface area (Å²) in [6.07, 6.45) is 29.9. The van der Waals surface area contributed by atoms with E-state index in [1.54, 1.807) is 0 Å². The fourth-order valence-electron chi connectivity index (χ4n) is 5.72. The van der Waals surface area contributed by atoms with Crippen LogP contribution in [-0.2, 0) is 19.1 Å². The summed E-state index contributed by atoms with van der Waals surface area (Å²) in [5.74, 6) is -0.0189. The van der Waals surface area contributed by atoms with Gasteiger partial charge in [-0.1, -0.05) is 143 Å². The van der Waals surface area contributed by atoms with Crippen molar-refractivity contribution in [2.45, 2.75) is 194 Å². The second kappa shape index (κ2) is 31.3. The summed E-state index contributed by atoms with van der Waals surface area (Å²) >= 11 is 0. The van der Waals surface area contributed by atoms with Gasteiger partial charge in [-0.3, -0.25) is 9.59 Å². The lowest BCUT2D eigenvalue weighted by Crippen LogP contribution is -2.33. The Morgan fingerprint density at radius 1 is 0.524 bits per heavy atom. The van der Waals surface area contributed by atoms with Gasteiger partial charge in [0.15, 0.2) is 0 Å². The van der Waals surface area contributed by atoms with Gasteiger partial charge in [-0.25, -0.2) is 0 Å². The van der Waals surface area contributed by atoms with E-state index in [4.69, 9.17) is 9.47 Å². The van der Waals surface area contributed by atoms with Crippen LogP contribution in [0.5, 0.6) is 0 Å². The Kier molecular flexibility index (Phi) is 30.5. The van der Waals surface area contributed by atoms with Crippen molar-refractivity contribution in [1.82, 2.24) is 4.90 Å². The summed E-state index contributed by atoms with van der Waals surface area (Å²) < 4.78 is 11.7. The van der Waals surface area contributed by atoms with Crippen LogP contribution < -0.4 is 0 Å². The zero-order valence-corrected chi connectivity index (χ0v) is 29.0. The normalized spacial score (nSPS) is 12.9. The van der Waals surface area contributed by atoms with Crippen molar-refractivity contribution in [2.24, 2.45) is 5.92 Å². The van der Waals surface area contributed by atoms with E-state index in [9.17, 15) is 9.59 Å². The van der Waals surface area contributed by atoms with E-state index in [0.717, 1.165) is 64.3 Å². The Balaban J connectivity index is 4.29. The molecule has 2 atom stereocenters. The highest BCUT2D eigenvalue weighted by Gasteiger charge is 2.26. The maximum absolute atomic E-state index is 12.7. The average Bonchev–Trinajstić information content (AvgIpc) is 2.97. The quantitative estimate of drug-likeness (QED) is 0.0572. The number of hydrogen-bond donors (Lipinski definition) is 0. The van der Waals surface area contributed by atoms with Gasteiger partial charge >= 0.3 is 11.9 Å². The Bertz CT molecular complexity index is 594. The molecule has 0 N–H and O–H groups in total. The molecule has 0 bridgehead atoms. The predicted molar refractivity (Wildman–Crippen MR) is 180 cm³/mol. The van der Waals surface area contributed by atoms with Gasteiger partial charge in [-0.15, -0.1) is 0 Å². The van der Waals surface area contributed by atoms with Crippen molar-refractivity contribution in [3.63, 3.8) is 0 Å². The first-order valence-corrected chi connectivity index (χ1v) is 18.4. The average molecular weight is 596 g/mol. The van der Waals surface area contributed by atoms with Gasteiger partial charge in [0.2, 0.25) is 0 Å². The van der Waals surface area contributed by atoms with Crippen molar-refractivity contribution in [3.8, 4) is 0 Å². The number of hydrogen-bond acceptors (Lipinski definition) is 5. The minimum atomic E-state index is -0.320. The van der Waals surface area contributed by atoms with Crippen molar-refractivity contribution in [2.75, 3.05) is 27.2 Å². The molecule has 0 aromatic carbocycles. The Labute approximate surface area is 262 Å². The van der Waals surface area contributed by atoms with E-state index in [1.807, 2.05) is 0 Å². The first kappa shape index (κ1) is 40.9. The topological polar surface area (TPSA) is 55.8 Å². The van der Waals surface area contributed by atoms with Gasteiger partial charge in [0, 0.05) is 12.8 Å². The maximum atomic E-state index is 12.7. The first-order chi connectivity index (χ1) is 20.4. The summed E-state index contributed by atoms with van der Waals surface area (Å²) in [5, 5.41) is 0. The molecule has 0 spiro atoms. The fraction of sp³-hybridized carbons (Fsp3) is 0.946. The SMILES string of the molecule is CCCCCCCCCCCCCCCCCC(=O)OCC(OC(=O)CCCCN(C)C)C(CCCC)CCCCC. The summed E-state index contributed by atoms with van der Waals surface area (Å²) in [5.41, 5.74) is 0. The van der Waals surface area contributed by atoms with E-state index in [2.05, 4.69) is 39.8 Å². The molecule has 0 saturated heterocycles. The zero-order chi connectivity index (χ0) is 31.1. The van der Waals surface area contributed by atoms with Gasteiger partial charge in [-0.2, -0.15) is 0 Å². The molecule has 250 valence electrons. The smallest absolute Gasteiger partial charge is 0.306 e.